The molecule has 10 heteroatoms. The Labute approximate surface area is 195 Å². The van der Waals surface area contributed by atoms with Gasteiger partial charge in [-0.3, -0.25) is 9.59 Å². The molecule has 1 atom stereocenters. The fourth-order valence-corrected chi connectivity index (χ4v) is 4.40. The number of nitrogens with one attached hydrogen (secondary N) is 2. The van der Waals surface area contributed by atoms with E-state index in [2.05, 4.69) is 20.9 Å². The Morgan fingerprint density at radius 2 is 2.03 bits per heavy atom. The highest BCUT2D eigenvalue weighted by Crippen LogP contribution is 2.37. The molecule has 0 unspecified atom stereocenters. The van der Waals surface area contributed by atoms with Crippen LogP contribution in [0, 0.1) is 5.82 Å². The summed E-state index contributed by atoms with van der Waals surface area (Å²) >= 11 is 0. The molecule has 2 N–H and O–H groups in total. The highest BCUT2D eigenvalue weighted by molar-refractivity contribution is 5.99. The fourth-order valence-electron chi connectivity index (χ4n) is 4.40. The first kappa shape index (κ1) is 22.1. The number of hydrogen-bond donors (Lipinski definition) is 2. The van der Waals surface area contributed by atoms with Crippen LogP contribution in [-0.2, 0) is 17.6 Å². The summed E-state index contributed by atoms with van der Waals surface area (Å²) < 4.78 is 26.7. The summed E-state index contributed by atoms with van der Waals surface area (Å²) in [6, 6.07) is 5.69. The summed E-state index contributed by atoms with van der Waals surface area (Å²) in [5.41, 5.74) is 2.33. The first-order valence-corrected chi connectivity index (χ1v) is 11.4. The van der Waals surface area contributed by atoms with Crippen molar-refractivity contribution in [2.45, 2.75) is 57.0 Å². The lowest BCUT2D eigenvalue weighted by Crippen LogP contribution is -2.49. The maximum Gasteiger partial charge on any atom is 0.290 e. The molecule has 2 amide bonds. The van der Waals surface area contributed by atoms with Gasteiger partial charge in [-0.05, 0) is 68.3 Å². The number of benzene rings is 1. The third-order valence-electron chi connectivity index (χ3n) is 6.57. The van der Waals surface area contributed by atoms with Gasteiger partial charge in [0, 0.05) is 11.3 Å². The number of carbonyl (C=O) groups excluding carboxylic acids is 2. The Balaban J connectivity index is 1.26. The van der Waals surface area contributed by atoms with Gasteiger partial charge >= 0.3 is 0 Å². The fraction of sp³-hybridized carbons (Fsp3) is 0.417. The number of halogens is 1. The highest BCUT2D eigenvalue weighted by atomic mass is 19.1. The summed E-state index contributed by atoms with van der Waals surface area (Å²) in [7, 11) is 1.41. The average Bonchev–Trinajstić information content (AvgIpc) is 3.27. The van der Waals surface area contributed by atoms with Gasteiger partial charge in [0.05, 0.1) is 31.1 Å². The molecular formula is C24H26FN5O4. The number of aryl methyl sites for hydroxylation is 1. The number of ether oxygens (including phenoxy) is 1. The minimum absolute atomic E-state index is 0.0496. The first-order chi connectivity index (χ1) is 16.4. The van der Waals surface area contributed by atoms with E-state index < -0.39 is 23.3 Å². The van der Waals surface area contributed by atoms with E-state index >= 15 is 4.39 Å². The largest absolute Gasteiger partial charge is 0.479 e. The monoisotopic (exact) mass is 467 g/mol. The molecule has 0 bridgehead atoms. The van der Waals surface area contributed by atoms with Crippen molar-refractivity contribution in [3.05, 3.63) is 58.9 Å². The minimum Gasteiger partial charge on any atom is -0.479 e. The number of fused-ring (bicyclic) bond motifs is 1. The van der Waals surface area contributed by atoms with Gasteiger partial charge in [-0.25, -0.2) is 9.07 Å². The van der Waals surface area contributed by atoms with Crippen molar-refractivity contribution in [1.82, 2.24) is 25.6 Å². The Hall–Kier alpha value is -3.69. The molecule has 2 aromatic heterocycles. The molecule has 9 nitrogen and oxygen atoms in total. The van der Waals surface area contributed by atoms with Crippen LogP contribution in [0.3, 0.4) is 0 Å². The number of carbonyl (C=O) groups is 2. The zero-order chi connectivity index (χ0) is 23.9. The predicted molar refractivity (Wildman–Crippen MR) is 119 cm³/mol. The smallest absolute Gasteiger partial charge is 0.290 e. The van der Waals surface area contributed by atoms with E-state index in [0.29, 0.717) is 24.1 Å². The predicted octanol–water partition coefficient (Wildman–Crippen LogP) is 3.03. The lowest BCUT2D eigenvalue weighted by molar-refractivity contribution is -0.124. The Morgan fingerprint density at radius 1 is 1.24 bits per heavy atom. The molecule has 34 heavy (non-hydrogen) atoms. The van der Waals surface area contributed by atoms with Crippen molar-refractivity contribution >= 4 is 11.8 Å². The molecule has 0 aliphatic heterocycles. The molecule has 0 radical (unpaired) electrons. The molecule has 1 aromatic carbocycles. The van der Waals surface area contributed by atoms with Crippen molar-refractivity contribution in [3.63, 3.8) is 0 Å². The topological polar surface area (TPSA) is 111 Å². The van der Waals surface area contributed by atoms with E-state index in [1.807, 2.05) is 12.3 Å². The summed E-state index contributed by atoms with van der Waals surface area (Å²) in [5.74, 6) is -1.24. The van der Waals surface area contributed by atoms with Crippen molar-refractivity contribution in [2.75, 3.05) is 7.11 Å². The Kier molecular flexibility index (Phi) is 5.59. The summed E-state index contributed by atoms with van der Waals surface area (Å²) in [6.45, 7) is 1.71. The molecule has 2 aliphatic rings. The van der Waals surface area contributed by atoms with Crippen LogP contribution in [0.15, 0.2) is 35.0 Å². The van der Waals surface area contributed by atoms with Gasteiger partial charge in [0.25, 0.3) is 11.8 Å². The molecular weight excluding hydrogens is 441 g/mol. The van der Waals surface area contributed by atoms with E-state index in [4.69, 9.17) is 9.26 Å². The normalized spacial score (nSPS) is 16.9. The second-order valence-electron chi connectivity index (χ2n) is 8.91. The van der Waals surface area contributed by atoms with Crippen LogP contribution >= 0.6 is 0 Å². The third-order valence-corrected chi connectivity index (χ3v) is 6.57. The molecule has 2 heterocycles. The van der Waals surface area contributed by atoms with Crippen LogP contribution in [0.5, 0.6) is 5.88 Å². The molecule has 2 aliphatic carbocycles. The number of aromatic nitrogens is 3. The van der Waals surface area contributed by atoms with Crippen LogP contribution in [0.4, 0.5) is 4.39 Å². The minimum atomic E-state index is -1.05. The van der Waals surface area contributed by atoms with Gasteiger partial charge in [-0.15, -0.1) is 0 Å². The average molecular weight is 468 g/mol. The van der Waals surface area contributed by atoms with E-state index in [0.717, 1.165) is 31.4 Å². The standard InChI is InChI=1S/C24H26FN5O4/c1-14(27-23(32)24(9-10-24)28-22(31)20-12-21(33-2)29-34-20)17-8-7-16(11-18(17)25)30-19-6-4-3-5-15(19)13-26-30/h7-8,11-14H,3-6,9-10H2,1-2H3,(H,27,32)(H,28,31)/t14-/m1/s1. The molecule has 3 aromatic rings. The molecule has 1 fully saturated rings. The van der Waals surface area contributed by atoms with E-state index in [1.165, 1.54) is 24.8 Å². The summed E-state index contributed by atoms with van der Waals surface area (Å²) in [5, 5.41) is 13.6. The van der Waals surface area contributed by atoms with Crippen molar-refractivity contribution in [2.24, 2.45) is 0 Å². The lowest BCUT2D eigenvalue weighted by Gasteiger charge is -2.21. The zero-order valence-corrected chi connectivity index (χ0v) is 19.1. The number of rotatable bonds is 7. The SMILES string of the molecule is COc1cc(C(=O)NC2(C(=O)N[C@H](C)c3ccc(-n4ncc5c4CCCC5)cc3F)CC2)on1. The summed E-state index contributed by atoms with van der Waals surface area (Å²) in [4.78, 5) is 25.4. The van der Waals surface area contributed by atoms with Crippen LogP contribution in [0.2, 0.25) is 0 Å². The number of nitrogens with zero attached hydrogens (tertiary/aromatic N) is 3. The maximum atomic E-state index is 15.1. The zero-order valence-electron chi connectivity index (χ0n) is 19.1. The van der Waals surface area contributed by atoms with Crippen LogP contribution < -0.4 is 15.4 Å². The lowest BCUT2D eigenvalue weighted by atomic mass is 9.98. The van der Waals surface area contributed by atoms with Crippen LogP contribution in [-0.4, -0.2) is 39.4 Å². The molecule has 1 saturated carbocycles. The van der Waals surface area contributed by atoms with Gasteiger partial charge < -0.3 is 19.9 Å². The number of amides is 2. The van der Waals surface area contributed by atoms with Gasteiger partial charge in [0.15, 0.2) is 0 Å². The van der Waals surface area contributed by atoms with Gasteiger partial charge in [-0.2, -0.15) is 5.10 Å². The number of methoxy groups -OCH3 is 1. The Bertz CT molecular complexity index is 1250. The van der Waals surface area contributed by atoms with Gasteiger partial charge in [-0.1, -0.05) is 6.07 Å². The van der Waals surface area contributed by atoms with E-state index in [-0.39, 0.29) is 17.5 Å². The maximum absolute atomic E-state index is 15.1. The molecule has 0 spiro atoms. The van der Waals surface area contributed by atoms with E-state index in [1.54, 1.807) is 17.7 Å². The quantitative estimate of drug-likeness (QED) is 0.553. The second-order valence-corrected chi connectivity index (χ2v) is 8.91. The Morgan fingerprint density at radius 3 is 2.74 bits per heavy atom. The van der Waals surface area contributed by atoms with Crippen molar-refractivity contribution < 1.29 is 23.2 Å². The molecule has 0 saturated heterocycles. The van der Waals surface area contributed by atoms with E-state index in [9.17, 15) is 9.59 Å². The second kappa shape index (κ2) is 8.58. The van der Waals surface area contributed by atoms with Gasteiger partial charge in [0.2, 0.25) is 11.7 Å². The molecule has 178 valence electrons. The van der Waals surface area contributed by atoms with Crippen LogP contribution in [0.25, 0.3) is 5.69 Å². The summed E-state index contributed by atoms with van der Waals surface area (Å²) in [6.07, 6.45) is 7.01. The molecule has 5 rings (SSSR count). The third kappa shape index (κ3) is 4.04. The van der Waals surface area contributed by atoms with Crippen molar-refractivity contribution in [1.29, 1.82) is 0 Å². The van der Waals surface area contributed by atoms with Crippen molar-refractivity contribution in [3.8, 4) is 11.6 Å². The highest BCUT2D eigenvalue weighted by Gasteiger charge is 2.52. The number of hydrogen-bond acceptors (Lipinski definition) is 6. The first-order valence-electron chi connectivity index (χ1n) is 11.4. The van der Waals surface area contributed by atoms with Gasteiger partial charge in [0.1, 0.15) is 11.4 Å². The van der Waals surface area contributed by atoms with Crippen LogP contribution in [0.1, 0.15) is 66.0 Å².